The first kappa shape index (κ1) is 16.5. The maximum Gasteiger partial charge on any atom is 0.337 e. The molecule has 0 bridgehead atoms. The normalized spacial score (nSPS) is 11.1. The van der Waals surface area contributed by atoms with Crippen molar-refractivity contribution in [1.82, 2.24) is 10.3 Å². The van der Waals surface area contributed by atoms with Crippen molar-refractivity contribution in [3.8, 4) is 0 Å². The Morgan fingerprint density at radius 3 is 2.70 bits per heavy atom. The zero-order valence-corrected chi connectivity index (χ0v) is 13.0. The van der Waals surface area contributed by atoms with Gasteiger partial charge in [-0.15, -0.1) is 0 Å². The first-order valence-corrected chi connectivity index (χ1v) is 7.30. The van der Waals surface area contributed by atoms with Crippen LogP contribution in [0, 0.1) is 0 Å². The molecular weight excluding hydrogens is 292 g/mol. The van der Waals surface area contributed by atoms with E-state index in [4.69, 9.17) is 5.73 Å². The van der Waals surface area contributed by atoms with Gasteiger partial charge in [-0.3, -0.25) is 4.98 Å². The fourth-order valence-electron chi connectivity index (χ4n) is 1.96. The minimum atomic E-state index is -0.351. The quantitative estimate of drug-likeness (QED) is 0.479. The summed E-state index contributed by atoms with van der Waals surface area (Å²) in [4.78, 5) is 19.8. The summed E-state index contributed by atoms with van der Waals surface area (Å²) in [6.07, 6.45) is 2.55. The zero-order valence-electron chi connectivity index (χ0n) is 13.0. The summed E-state index contributed by atoms with van der Waals surface area (Å²) in [6, 6.07) is 12.9. The van der Waals surface area contributed by atoms with E-state index < -0.39 is 0 Å². The van der Waals surface area contributed by atoms with Gasteiger partial charge in [0.05, 0.1) is 19.2 Å². The van der Waals surface area contributed by atoms with Crippen LogP contribution < -0.4 is 11.1 Å². The van der Waals surface area contributed by atoms with Crippen LogP contribution in [0.5, 0.6) is 0 Å². The molecule has 0 aliphatic rings. The van der Waals surface area contributed by atoms with Gasteiger partial charge in [0, 0.05) is 24.9 Å². The first-order chi connectivity index (χ1) is 11.2. The van der Waals surface area contributed by atoms with Crippen LogP contribution in [0.15, 0.2) is 53.7 Å². The average Bonchev–Trinajstić information content (AvgIpc) is 2.60. The lowest BCUT2D eigenvalue weighted by molar-refractivity contribution is 0.0600. The predicted molar refractivity (Wildman–Crippen MR) is 89.1 cm³/mol. The SMILES string of the molecule is COC(=O)c1ccc(CN=C(N)NCCc2ccccn2)cc1. The number of nitrogens with zero attached hydrogens (tertiary/aromatic N) is 2. The van der Waals surface area contributed by atoms with Crippen LogP contribution in [0.25, 0.3) is 0 Å². The molecule has 1 heterocycles. The van der Waals surface area contributed by atoms with Gasteiger partial charge in [-0.25, -0.2) is 9.79 Å². The fourth-order valence-corrected chi connectivity index (χ4v) is 1.96. The second-order valence-corrected chi connectivity index (χ2v) is 4.89. The van der Waals surface area contributed by atoms with Gasteiger partial charge in [-0.2, -0.15) is 0 Å². The van der Waals surface area contributed by atoms with Crippen LogP contribution in [0.3, 0.4) is 0 Å². The van der Waals surface area contributed by atoms with E-state index >= 15 is 0 Å². The third-order valence-electron chi connectivity index (χ3n) is 3.22. The van der Waals surface area contributed by atoms with Gasteiger partial charge in [-0.1, -0.05) is 18.2 Å². The summed E-state index contributed by atoms with van der Waals surface area (Å²) in [6.45, 7) is 1.12. The van der Waals surface area contributed by atoms with Crippen LogP contribution in [-0.2, 0) is 17.7 Å². The molecule has 0 fully saturated rings. The molecule has 0 spiro atoms. The topological polar surface area (TPSA) is 89.6 Å². The van der Waals surface area contributed by atoms with E-state index in [-0.39, 0.29) is 5.97 Å². The van der Waals surface area contributed by atoms with E-state index in [0.717, 1.165) is 17.7 Å². The van der Waals surface area contributed by atoms with Crippen LogP contribution >= 0.6 is 0 Å². The van der Waals surface area contributed by atoms with Crippen molar-refractivity contribution in [3.05, 3.63) is 65.5 Å². The summed E-state index contributed by atoms with van der Waals surface area (Å²) in [7, 11) is 1.36. The molecule has 0 aliphatic heterocycles. The summed E-state index contributed by atoms with van der Waals surface area (Å²) < 4.78 is 4.65. The number of nitrogens with one attached hydrogen (secondary N) is 1. The molecule has 120 valence electrons. The fraction of sp³-hybridized carbons (Fsp3) is 0.235. The van der Waals surface area contributed by atoms with Gasteiger partial charge < -0.3 is 15.8 Å². The molecule has 0 saturated carbocycles. The molecule has 1 aromatic heterocycles. The zero-order chi connectivity index (χ0) is 16.5. The van der Waals surface area contributed by atoms with Crippen LogP contribution in [0.2, 0.25) is 0 Å². The molecule has 0 aliphatic carbocycles. The Morgan fingerprint density at radius 1 is 1.26 bits per heavy atom. The van der Waals surface area contributed by atoms with E-state index in [9.17, 15) is 4.79 Å². The second-order valence-electron chi connectivity index (χ2n) is 4.89. The number of aromatic nitrogens is 1. The highest BCUT2D eigenvalue weighted by Crippen LogP contribution is 2.06. The monoisotopic (exact) mass is 312 g/mol. The standard InChI is InChI=1S/C17H20N4O2/c1-23-16(22)14-7-5-13(6-8-14)12-21-17(18)20-11-9-15-4-2-3-10-19-15/h2-8,10H,9,11-12H2,1H3,(H3,18,20,21). The Labute approximate surface area is 135 Å². The molecular formula is C17H20N4O2. The van der Waals surface area contributed by atoms with Crippen molar-refractivity contribution in [2.24, 2.45) is 10.7 Å². The number of hydrogen-bond acceptors (Lipinski definition) is 4. The number of esters is 1. The number of carbonyl (C=O) groups excluding carboxylic acids is 1. The smallest absolute Gasteiger partial charge is 0.337 e. The van der Waals surface area contributed by atoms with Gasteiger partial charge in [-0.05, 0) is 29.8 Å². The molecule has 6 heteroatoms. The average molecular weight is 312 g/mol. The third-order valence-corrected chi connectivity index (χ3v) is 3.22. The number of ether oxygens (including phenoxy) is 1. The summed E-state index contributed by atoms with van der Waals surface area (Å²) in [5, 5.41) is 3.05. The predicted octanol–water partition coefficient (Wildman–Crippen LogP) is 1.52. The number of nitrogens with two attached hydrogens (primary N) is 1. The molecule has 0 radical (unpaired) electrons. The number of rotatable bonds is 6. The van der Waals surface area contributed by atoms with Gasteiger partial charge in [0.1, 0.15) is 0 Å². The Bertz CT molecular complexity index is 654. The highest BCUT2D eigenvalue weighted by molar-refractivity contribution is 5.89. The highest BCUT2D eigenvalue weighted by atomic mass is 16.5. The van der Waals surface area contributed by atoms with Crippen LogP contribution in [0.4, 0.5) is 0 Å². The minimum Gasteiger partial charge on any atom is -0.465 e. The summed E-state index contributed by atoms with van der Waals surface area (Å²) in [5.41, 5.74) is 8.32. The number of aliphatic imine (C=N–C) groups is 1. The van der Waals surface area contributed by atoms with Crippen molar-refractivity contribution in [2.45, 2.75) is 13.0 Å². The van der Waals surface area contributed by atoms with Crippen LogP contribution in [0.1, 0.15) is 21.6 Å². The molecule has 23 heavy (non-hydrogen) atoms. The number of pyridine rings is 1. The summed E-state index contributed by atoms with van der Waals surface area (Å²) >= 11 is 0. The van der Waals surface area contributed by atoms with Crippen molar-refractivity contribution < 1.29 is 9.53 Å². The first-order valence-electron chi connectivity index (χ1n) is 7.30. The van der Waals surface area contributed by atoms with Crippen LogP contribution in [-0.4, -0.2) is 30.6 Å². The number of benzene rings is 1. The summed E-state index contributed by atoms with van der Waals surface area (Å²) in [5.74, 6) is 0.0359. The van der Waals surface area contributed by atoms with E-state index in [1.165, 1.54) is 7.11 Å². The third kappa shape index (κ3) is 5.43. The van der Waals surface area contributed by atoms with E-state index in [2.05, 4.69) is 20.0 Å². The van der Waals surface area contributed by atoms with Crippen molar-refractivity contribution in [2.75, 3.05) is 13.7 Å². The van der Waals surface area contributed by atoms with Crippen molar-refractivity contribution in [3.63, 3.8) is 0 Å². The Hall–Kier alpha value is -2.89. The number of hydrogen-bond donors (Lipinski definition) is 2. The Morgan fingerprint density at radius 2 is 2.04 bits per heavy atom. The highest BCUT2D eigenvalue weighted by Gasteiger charge is 2.04. The van der Waals surface area contributed by atoms with Gasteiger partial charge in [0.15, 0.2) is 5.96 Å². The molecule has 1 aromatic carbocycles. The lowest BCUT2D eigenvalue weighted by Gasteiger charge is -2.05. The van der Waals surface area contributed by atoms with Crippen molar-refractivity contribution in [1.29, 1.82) is 0 Å². The van der Waals surface area contributed by atoms with E-state index in [1.54, 1.807) is 18.3 Å². The second kappa shape index (κ2) is 8.53. The minimum absolute atomic E-state index is 0.351. The largest absolute Gasteiger partial charge is 0.465 e. The maximum atomic E-state index is 11.3. The van der Waals surface area contributed by atoms with E-state index in [0.29, 0.717) is 24.6 Å². The number of carbonyl (C=O) groups is 1. The Kier molecular flexibility index (Phi) is 6.11. The molecule has 2 aromatic rings. The molecule has 0 saturated heterocycles. The number of methoxy groups -OCH3 is 1. The number of guanidine groups is 1. The lowest BCUT2D eigenvalue weighted by Crippen LogP contribution is -2.33. The molecule has 0 atom stereocenters. The maximum absolute atomic E-state index is 11.3. The lowest BCUT2D eigenvalue weighted by atomic mass is 10.1. The Balaban J connectivity index is 1.79. The van der Waals surface area contributed by atoms with Crippen molar-refractivity contribution >= 4 is 11.9 Å². The molecule has 2 rings (SSSR count). The molecule has 3 N–H and O–H groups in total. The molecule has 6 nitrogen and oxygen atoms in total. The molecule has 0 amide bonds. The van der Waals surface area contributed by atoms with E-state index in [1.807, 2.05) is 30.3 Å². The molecule has 0 unspecified atom stereocenters. The van der Waals surface area contributed by atoms with Gasteiger partial charge >= 0.3 is 5.97 Å². The van der Waals surface area contributed by atoms with Gasteiger partial charge in [0.2, 0.25) is 0 Å². The van der Waals surface area contributed by atoms with Gasteiger partial charge in [0.25, 0.3) is 0 Å².